The summed E-state index contributed by atoms with van der Waals surface area (Å²) in [5, 5.41) is 16.7. The number of rotatable bonds is 6. The molecule has 2 aliphatic rings. The number of nitrogens with zero attached hydrogens (tertiary/aromatic N) is 4. The monoisotopic (exact) mass is 501 g/mol. The van der Waals surface area contributed by atoms with Crippen molar-refractivity contribution in [3.05, 3.63) is 93.5 Å². The number of nitro groups is 1. The van der Waals surface area contributed by atoms with Crippen molar-refractivity contribution in [2.24, 2.45) is 4.99 Å². The van der Waals surface area contributed by atoms with Crippen LogP contribution in [0.15, 0.2) is 71.7 Å². The first kappa shape index (κ1) is 22.1. The summed E-state index contributed by atoms with van der Waals surface area (Å²) in [5.74, 6) is 0. The molecule has 0 spiro atoms. The summed E-state index contributed by atoms with van der Waals surface area (Å²) < 4.78 is 0.813. The summed E-state index contributed by atoms with van der Waals surface area (Å²) in [7, 11) is 2.15. The minimum absolute atomic E-state index is 0.0894. The molecule has 176 valence electrons. The van der Waals surface area contributed by atoms with Crippen LogP contribution < -0.4 is 5.32 Å². The van der Waals surface area contributed by atoms with E-state index in [-0.39, 0.29) is 10.6 Å². The first-order valence-corrected chi connectivity index (χ1v) is 13.2. The number of anilines is 1. The SMILES string of the molecule is CN1/C(=N/c2ccc(CCNc3nc4ccc([N+](=O)[O-])cc4s3)cc2)SC2Cc3ccccc3[C@@H]21. The van der Waals surface area contributed by atoms with E-state index in [4.69, 9.17) is 4.99 Å². The summed E-state index contributed by atoms with van der Waals surface area (Å²) in [6, 6.07) is 22.3. The highest BCUT2D eigenvalue weighted by molar-refractivity contribution is 8.14. The van der Waals surface area contributed by atoms with Crippen LogP contribution in [0.25, 0.3) is 10.2 Å². The van der Waals surface area contributed by atoms with Gasteiger partial charge in [-0.25, -0.2) is 9.98 Å². The van der Waals surface area contributed by atoms with Gasteiger partial charge >= 0.3 is 0 Å². The van der Waals surface area contributed by atoms with Gasteiger partial charge in [0.25, 0.3) is 5.69 Å². The van der Waals surface area contributed by atoms with Crippen molar-refractivity contribution in [2.75, 3.05) is 18.9 Å². The standard InChI is InChI=1S/C26H23N5O2S2/c1-30-24-20-5-3-2-4-17(20)14-23(24)35-26(30)28-18-8-6-16(7-9-18)12-13-27-25-29-21-11-10-19(31(32)33)15-22(21)34-25/h2-11,15,23-24H,12-14H2,1H3,(H,27,29)/b28-26-/t23?,24-/m0/s1. The van der Waals surface area contributed by atoms with E-state index in [0.29, 0.717) is 11.3 Å². The molecular weight excluding hydrogens is 478 g/mol. The Morgan fingerprint density at radius 3 is 2.83 bits per heavy atom. The summed E-state index contributed by atoms with van der Waals surface area (Å²) in [5.41, 5.74) is 5.95. The lowest BCUT2D eigenvalue weighted by Gasteiger charge is -2.21. The Balaban J connectivity index is 1.07. The van der Waals surface area contributed by atoms with Crippen LogP contribution >= 0.6 is 23.1 Å². The van der Waals surface area contributed by atoms with Gasteiger partial charge in [0.05, 0.1) is 26.9 Å². The molecule has 35 heavy (non-hydrogen) atoms. The lowest BCUT2D eigenvalue weighted by atomic mass is 10.1. The molecule has 1 fully saturated rings. The predicted molar refractivity (Wildman–Crippen MR) is 144 cm³/mol. The molecule has 3 aromatic carbocycles. The molecule has 1 N–H and O–H groups in total. The molecule has 1 saturated heterocycles. The number of benzene rings is 3. The maximum absolute atomic E-state index is 11.0. The Kier molecular flexibility index (Phi) is 5.66. The molecule has 4 aromatic rings. The molecule has 7 nitrogen and oxygen atoms in total. The third kappa shape index (κ3) is 4.26. The highest BCUT2D eigenvalue weighted by Gasteiger charge is 2.43. The minimum atomic E-state index is -0.380. The summed E-state index contributed by atoms with van der Waals surface area (Å²) >= 11 is 3.32. The zero-order chi connectivity index (χ0) is 23.9. The number of hydrogen-bond acceptors (Lipinski definition) is 7. The van der Waals surface area contributed by atoms with E-state index >= 15 is 0 Å². The highest BCUT2D eigenvalue weighted by atomic mass is 32.2. The second kappa shape index (κ2) is 8.98. The van der Waals surface area contributed by atoms with Gasteiger partial charge in [-0.05, 0) is 47.7 Å². The molecule has 2 heterocycles. The average molecular weight is 502 g/mol. The van der Waals surface area contributed by atoms with Crippen LogP contribution in [0.1, 0.15) is 22.7 Å². The van der Waals surface area contributed by atoms with Gasteiger partial charge < -0.3 is 10.2 Å². The van der Waals surface area contributed by atoms with Gasteiger partial charge in [-0.15, -0.1) is 0 Å². The molecule has 1 aromatic heterocycles. The molecule has 1 unspecified atom stereocenters. The van der Waals surface area contributed by atoms with Crippen molar-refractivity contribution in [2.45, 2.75) is 24.1 Å². The number of fused-ring (bicyclic) bond motifs is 4. The molecule has 9 heteroatoms. The second-order valence-electron chi connectivity index (χ2n) is 8.78. The van der Waals surface area contributed by atoms with Crippen molar-refractivity contribution in [3.63, 3.8) is 0 Å². The van der Waals surface area contributed by atoms with Gasteiger partial charge in [0.15, 0.2) is 10.3 Å². The van der Waals surface area contributed by atoms with Crippen LogP contribution in [-0.4, -0.2) is 38.8 Å². The number of non-ortho nitro benzene ring substituents is 1. The lowest BCUT2D eigenvalue weighted by Crippen LogP contribution is -2.23. The lowest BCUT2D eigenvalue weighted by molar-refractivity contribution is -0.384. The molecule has 0 radical (unpaired) electrons. The normalized spacial score (nSPS) is 19.8. The van der Waals surface area contributed by atoms with Crippen LogP contribution in [0.4, 0.5) is 16.5 Å². The first-order valence-electron chi connectivity index (χ1n) is 11.5. The number of thiazole rings is 1. The first-order chi connectivity index (χ1) is 17.0. The van der Waals surface area contributed by atoms with Gasteiger partial charge in [-0.2, -0.15) is 0 Å². The zero-order valence-corrected chi connectivity index (χ0v) is 20.7. The average Bonchev–Trinajstić information content (AvgIpc) is 3.52. The van der Waals surface area contributed by atoms with E-state index in [2.05, 4.69) is 70.8 Å². The third-order valence-corrected chi connectivity index (χ3v) is 8.85. The number of nitro benzene ring substituents is 1. The number of thioether (sulfide) groups is 1. The topological polar surface area (TPSA) is 83.7 Å². The van der Waals surface area contributed by atoms with Crippen LogP contribution in [0, 0.1) is 10.1 Å². The Morgan fingerprint density at radius 1 is 1.17 bits per heavy atom. The molecule has 0 saturated carbocycles. The smallest absolute Gasteiger partial charge is 0.270 e. The second-order valence-corrected chi connectivity index (χ2v) is 11.0. The van der Waals surface area contributed by atoms with Crippen LogP contribution in [0.5, 0.6) is 0 Å². The fourth-order valence-corrected chi connectivity index (χ4v) is 7.16. The fourth-order valence-electron chi connectivity index (χ4n) is 4.81. The van der Waals surface area contributed by atoms with Crippen molar-refractivity contribution in [1.29, 1.82) is 0 Å². The molecule has 6 rings (SSSR count). The molecule has 0 amide bonds. The number of nitrogens with one attached hydrogen (secondary N) is 1. The fraction of sp³-hybridized carbons (Fsp3) is 0.231. The predicted octanol–water partition coefficient (Wildman–Crippen LogP) is 6.19. The minimum Gasteiger partial charge on any atom is -0.361 e. The zero-order valence-electron chi connectivity index (χ0n) is 19.0. The van der Waals surface area contributed by atoms with E-state index in [1.165, 1.54) is 34.1 Å². The summed E-state index contributed by atoms with van der Waals surface area (Å²) in [6.07, 6.45) is 1.95. The van der Waals surface area contributed by atoms with Gasteiger partial charge in [-0.1, -0.05) is 59.5 Å². The van der Waals surface area contributed by atoms with Crippen molar-refractivity contribution < 1.29 is 4.92 Å². The number of aliphatic imine (C=N–C) groups is 1. The van der Waals surface area contributed by atoms with Gasteiger partial charge in [0, 0.05) is 31.0 Å². The van der Waals surface area contributed by atoms with Crippen LogP contribution in [-0.2, 0) is 12.8 Å². The molecule has 2 atom stereocenters. The maximum atomic E-state index is 11.0. The highest BCUT2D eigenvalue weighted by Crippen LogP contribution is 2.48. The Morgan fingerprint density at radius 2 is 2.00 bits per heavy atom. The van der Waals surface area contributed by atoms with Gasteiger partial charge in [0.1, 0.15) is 0 Å². The van der Waals surface area contributed by atoms with Crippen LogP contribution in [0.3, 0.4) is 0 Å². The van der Waals surface area contributed by atoms with E-state index in [1.54, 1.807) is 12.1 Å². The number of aromatic nitrogens is 1. The molecule has 1 aliphatic heterocycles. The summed E-state index contributed by atoms with van der Waals surface area (Å²) in [6.45, 7) is 0.733. The van der Waals surface area contributed by atoms with Gasteiger partial charge in [0.2, 0.25) is 0 Å². The Hall–Kier alpha value is -3.43. The third-order valence-electron chi connectivity index (χ3n) is 6.56. The number of hydrogen-bond donors (Lipinski definition) is 1. The number of amidine groups is 1. The quantitative estimate of drug-likeness (QED) is 0.250. The summed E-state index contributed by atoms with van der Waals surface area (Å²) in [4.78, 5) is 22.4. The Labute approximate surface area is 211 Å². The largest absolute Gasteiger partial charge is 0.361 e. The molecular formula is C26H23N5O2S2. The molecule has 1 aliphatic carbocycles. The van der Waals surface area contributed by atoms with Crippen molar-refractivity contribution in [3.8, 4) is 0 Å². The van der Waals surface area contributed by atoms with Crippen LogP contribution in [0.2, 0.25) is 0 Å². The van der Waals surface area contributed by atoms with E-state index < -0.39 is 0 Å². The van der Waals surface area contributed by atoms with E-state index in [9.17, 15) is 10.1 Å². The van der Waals surface area contributed by atoms with Gasteiger partial charge in [-0.3, -0.25) is 10.1 Å². The van der Waals surface area contributed by atoms with Crippen molar-refractivity contribution >= 4 is 55.0 Å². The van der Waals surface area contributed by atoms with E-state index in [0.717, 1.165) is 45.6 Å². The van der Waals surface area contributed by atoms with E-state index in [1.807, 2.05) is 11.8 Å². The Bertz CT molecular complexity index is 1450. The molecule has 0 bridgehead atoms. The maximum Gasteiger partial charge on any atom is 0.270 e. The van der Waals surface area contributed by atoms with Crippen molar-refractivity contribution in [1.82, 2.24) is 9.88 Å².